The molecule has 1 fully saturated rings. The highest BCUT2D eigenvalue weighted by molar-refractivity contribution is 7.80. The summed E-state index contributed by atoms with van der Waals surface area (Å²) >= 11 is 5.55. The highest BCUT2D eigenvalue weighted by atomic mass is 32.1. The van der Waals surface area contributed by atoms with Crippen molar-refractivity contribution in [2.45, 2.75) is 13.1 Å². The molecular weight excluding hydrogens is 330 g/mol. The highest BCUT2D eigenvalue weighted by Crippen LogP contribution is 2.15. The molecule has 2 aromatic rings. The van der Waals surface area contributed by atoms with Crippen molar-refractivity contribution in [2.75, 3.05) is 33.3 Å². The van der Waals surface area contributed by atoms with Crippen molar-refractivity contribution in [3.05, 3.63) is 65.7 Å². The number of thiocarbonyl (C=S) groups is 1. The van der Waals surface area contributed by atoms with Crippen molar-refractivity contribution in [3.8, 4) is 5.75 Å². The quantitative estimate of drug-likeness (QED) is 0.833. The van der Waals surface area contributed by atoms with Gasteiger partial charge in [-0.25, -0.2) is 0 Å². The first kappa shape index (κ1) is 17.7. The van der Waals surface area contributed by atoms with E-state index in [1.165, 1.54) is 11.1 Å². The standard InChI is InChI=1S/C20H25N3OS/c1-24-19-9-5-8-18(14-19)16-22-10-12-23(13-11-22)20(25)21-15-17-6-3-2-4-7-17/h2-9,14H,10-13,15-16H2,1H3,(H,21,25). The van der Waals surface area contributed by atoms with Crippen LogP contribution in [0.5, 0.6) is 5.75 Å². The number of piperazine rings is 1. The third kappa shape index (κ3) is 5.18. The Morgan fingerprint density at radius 1 is 1.00 bits per heavy atom. The summed E-state index contributed by atoms with van der Waals surface area (Å²) in [5, 5.41) is 4.22. The van der Waals surface area contributed by atoms with Crippen molar-refractivity contribution < 1.29 is 4.74 Å². The molecule has 1 aliphatic rings. The molecule has 0 radical (unpaired) electrons. The van der Waals surface area contributed by atoms with Crippen molar-refractivity contribution in [1.29, 1.82) is 0 Å². The van der Waals surface area contributed by atoms with Crippen LogP contribution in [0.1, 0.15) is 11.1 Å². The molecule has 0 spiro atoms. The van der Waals surface area contributed by atoms with Crippen LogP contribution in [0, 0.1) is 0 Å². The summed E-state index contributed by atoms with van der Waals surface area (Å²) in [6.07, 6.45) is 0. The van der Waals surface area contributed by atoms with Crippen molar-refractivity contribution in [1.82, 2.24) is 15.1 Å². The number of methoxy groups -OCH3 is 1. The van der Waals surface area contributed by atoms with E-state index in [-0.39, 0.29) is 0 Å². The molecule has 1 aliphatic heterocycles. The van der Waals surface area contributed by atoms with Gasteiger partial charge in [-0.05, 0) is 35.5 Å². The van der Waals surface area contributed by atoms with Gasteiger partial charge in [0, 0.05) is 39.3 Å². The fourth-order valence-corrected chi connectivity index (χ4v) is 3.28. The van der Waals surface area contributed by atoms with Gasteiger partial charge in [-0.15, -0.1) is 0 Å². The average Bonchev–Trinajstić information content (AvgIpc) is 2.67. The van der Waals surface area contributed by atoms with Gasteiger partial charge < -0.3 is 15.0 Å². The topological polar surface area (TPSA) is 27.7 Å². The molecule has 0 bridgehead atoms. The number of nitrogens with zero attached hydrogens (tertiary/aromatic N) is 2. The lowest BCUT2D eigenvalue weighted by Gasteiger charge is -2.36. The van der Waals surface area contributed by atoms with Gasteiger partial charge in [-0.1, -0.05) is 42.5 Å². The van der Waals surface area contributed by atoms with E-state index < -0.39 is 0 Å². The molecule has 4 nitrogen and oxygen atoms in total. The van der Waals surface area contributed by atoms with E-state index in [9.17, 15) is 0 Å². The maximum absolute atomic E-state index is 5.55. The van der Waals surface area contributed by atoms with E-state index in [1.54, 1.807) is 7.11 Å². The molecule has 0 saturated carbocycles. The lowest BCUT2D eigenvalue weighted by atomic mass is 10.2. The maximum Gasteiger partial charge on any atom is 0.169 e. The predicted molar refractivity (Wildman–Crippen MR) is 106 cm³/mol. The third-order valence-electron chi connectivity index (χ3n) is 4.49. The minimum Gasteiger partial charge on any atom is -0.497 e. The Morgan fingerprint density at radius 2 is 1.72 bits per heavy atom. The van der Waals surface area contributed by atoms with Gasteiger partial charge in [-0.2, -0.15) is 0 Å². The van der Waals surface area contributed by atoms with E-state index in [2.05, 4.69) is 51.5 Å². The average molecular weight is 356 g/mol. The number of hydrogen-bond acceptors (Lipinski definition) is 3. The third-order valence-corrected chi connectivity index (χ3v) is 4.89. The molecule has 0 aromatic heterocycles. The Labute approximate surface area is 155 Å². The van der Waals surface area contributed by atoms with Crippen LogP contribution in [-0.2, 0) is 13.1 Å². The minimum atomic E-state index is 0.781. The van der Waals surface area contributed by atoms with Crippen LogP contribution in [0.25, 0.3) is 0 Å². The number of rotatable bonds is 5. The molecule has 1 saturated heterocycles. The van der Waals surface area contributed by atoms with Crippen LogP contribution in [0.15, 0.2) is 54.6 Å². The monoisotopic (exact) mass is 355 g/mol. The largest absolute Gasteiger partial charge is 0.497 e. The Bertz CT molecular complexity index is 684. The van der Waals surface area contributed by atoms with Gasteiger partial charge in [-0.3, -0.25) is 4.90 Å². The number of hydrogen-bond donors (Lipinski definition) is 1. The Kier molecular flexibility index (Phi) is 6.25. The second kappa shape index (κ2) is 8.83. The molecule has 5 heteroatoms. The van der Waals surface area contributed by atoms with Crippen LogP contribution >= 0.6 is 12.2 Å². The zero-order valence-corrected chi connectivity index (χ0v) is 15.5. The molecular formula is C20H25N3OS. The van der Waals surface area contributed by atoms with Gasteiger partial charge in [0.25, 0.3) is 0 Å². The summed E-state index contributed by atoms with van der Waals surface area (Å²) in [6, 6.07) is 18.7. The first-order chi connectivity index (χ1) is 12.2. The van der Waals surface area contributed by atoms with Crippen molar-refractivity contribution in [2.24, 2.45) is 0 Å². The number of nitrogens with one attached hydrogen (secondary N) is 1. The Balaban J connectivity index is 1.44. The SMILES string of the molecule is COc1cccc(CN2CCN(C(=S)NCc3ccccc3)CC2)c1. The second-order valence-electron chi connectivity index (χ2n) is 6.26. The first-order valence-corrected chi connectivity index (χ1v) is 9.07. The fraction of sp³-hybridized carbons (Fsp3) is 0.350. The number of benzene rings is 2. The van der Waals surface area contributed by atoms with Gasteiger partial charge in [0.1, 0.15) is 5.75 Å². The first-order valence-electron chi connectivity index (χ1n) is 8.66. The van der Waals surface area contributed by atoms with Gasteiger partial charge in [0.05, 0.1) is 7.11 Å². The molecule has 3 rings (SSSR count). The van der Waals surface area contributed by atoms with Crippen molar-refractivity contribution >= 4 is 17.3 Å². The molecule has 25 heavy (non-hydrogen) atoms. The summed E-state index contributed by atoms with van der Waals surface area (Å²) in [7, 11) is 1.71. The zero-order valence-electron chi connectivity index (χ0n) is 14.6. The highest BCUT2D eigenvalue weighted by Gasteiger charge is 2.18. The molecule has 0 unspecified atom stereocenters. The maximum atomic E-state index is 5.55. The van der Waals surface area contributed by atoms with E-state index >= 15 is 0 Å². The number of ether oxygens (including phenoxy) is 1. The van der Waals surface area contributed by atoms with E-state index in [1.807, 2.05) is 18.2 Å². The molecule has 1 heterocycles. The predicted octanol–water partition coefficient (Wildman–Crippen LogP) is 2.89. The van der Waals surface area contributed by atoms with Crippen LogP contribution < -0.4 is 10.1 Å². The Hall–Kier alpha value is -2.11. The summed E-state index contributed by atoms with van der Waals surface area (Å²) < 4.78 is 5.30. The zero-order chi connectivity index (χ0) is 17.5. The van der Waals surface area contributed by atoms with Crippen LogP contribution in [0.4, 0.5) is 0 Å². The molecule has 132 valence electrons. The van der Waals surface area contributed by atoms with Crippen molar-refractivity contribution in [3.63, 3.8) is 0 Å². The van der Waals surface area contributed by atoms with E-state index in [4.69, 9.17) is 17.0 Å². The van der Waals surface area contributed by atoms with Crippen LogP contribution in [-0.4, -0.2) is 48.2 Å². The smallest absolute Gasteiger partial charge is 0.169 e. The Morgan fingerprint density at radius 3 is 2.44 bits per heavy atom. The van der Waals surface area contributed by atoms with Crippen LogP contribution in [0.2, 0.25) is 0 Å². The lowest BCUT2D eigenvalue weighted by Crippen LogP contribution is -2.51. The summed E-state index contributed by atoms with van der Waals surface area (Å²) in [5.41, 5.74) is 2.54. The van der Waals surface area contributed by atoms with Gasteiger partial charge >= 0.3 is 0 Å². The molecule has 0 aliphatic carbocycles. The van der Waals surface area contributed by atoms with E-state index in [0.29, 0.717) is 0 Å². The molecule has 1 N–H and O–H groups in total. The lowest BCUT2D eigenvalue weighted by molar-refractivity contribution is 0.174. The molecule has 0 atom stereocenters. The fourth-order valence-electron chi connectivity index (χ4n) is 3.02. The summed E-state index contributed by atoms with van der Waals surface area (Å²) in [5.74, 6) is 0.919. The van der Waals surface area contributed by atoms with Crippen LogP contribution in [0.3, 0.4) is 0 Å². The second-order valence-corrected chi connectivity index (χ2v) is 6.65. The molecule has 0 amide bonds. The van der Waals surface area contributed by atoms with E-state index in [0.717, 1.165) is 50.1 Å². The molecule has 2 aromatic carbocycles. The minimum absolute atomic E-state index is 0.781. The summed E-state index contributed by atoms with van der Waals surface area (Å²) in [6.45, 7) is 5.70. The van der Waals surface area contributed by atoms with Gasteiger partial charge in [0.2, 0.25) is 0 Å². The van der Waals surface area contributed by atoms with Gasteiger partial charge in [0.15, 0.2) is 5.11 Å². The summed E-state index contributed by atoms with van der Waals surface area (Å²) in [4.78, 5) is 4.73. The normalized spacial score (nSPS) is 15.0.